The monoisotopic (exact) mass is 271 g/mol. The standard InChI is InChI=1S/C14H10FN3O2/c15-11-1-3-12(4-2-11)17-18-13(9-19)14(20)10-5-7-16-8-6-10/h1-9,17H/b18-13-. The number of carbonyl (C=O) groups is 2. The van der Waals surface area contributed by atoms with E-state index in [-0.39, 0.29) is 11.5 Å². The lowest BCUT2D eigenvalue weighted by atomic mass is 10.1. The first-order valence-electron chi connectivity index (χ1n) is 5.70. The van der Waals surface area contributed by atoms with E-state index in [0.29, 0.717) is 17.5 Å². The Balaban J connectivity index is 2.15. The van der Waals surface area contributed by atoms with Gasteiger partial charge in [-0.1, -0.05) is 0 Å². The number of hydrazone groups is 1. The minimum atomic E-state index is -0.517. The number of benzene rings is 1. The van der Waals surface area contributed by atoms with Crippen LogP contribution in [0.4, 0.5) is 10.1 Å². The number of ketones is 1. The van der Waals surface area contributed by atoms with Crippen molar-refractivity contribution < 1.29 is 14.0 Å². The fourth-order valence-electron chi connectivity index (χ4n) is 1.43. The number of nitrogens with one attached hydrogen (secondary N) is 1. The molecule has 1 heterocycles. The lowest BCUT2D eigenvalue weighted by Crippen LogP contribution is -2.17. The van der Waals surface area contributed by atoms with Gasteiger partial charge in [0.1, 0.15) is 5.82 Å². The first kappa shape index (κ1) is 13.5. The van der Waals surface area contributed by atoms with Gasteiger partial charge in [0.2, 0.25) is 5.78 Å². The summed E-state index contributed by atoms with van der Waals surface area (Å²) in [5.74, 6) is -0.903. The quantitative estimate of drug-likeness (QED) is 0.297. The normalized spacial score (nSPS) is 10.9. The molecule has 1 aromatic heterocycles. The number of nitrogens with zero attached hydrogens (tertiary/aromatic N) is 2. The van der Waals surface area contributed by atoms with Crippen LogP contribution in [0, 0.1) is 5.82 Å². The first-order chi connectivity index (χ1) is 9.70. The Labute approximate surface area is 114 Å². The van der Waals surface area contributed by atoms with E-state index in [4.69, 9.17) is 0 Å². The summed E-state index contributed by atoms with van der Waals surface area (Å²) in [5.41, 5.74) is 3.03. The molecule has 1 N–H and O–H groups in total. The number of hydrogen-bond donors (Lipinski definition) is 1. The van der Waals surface area contributed by atoms with Gasteiger partial charge in [0, 0.05) is 18.0 Å². The number of carbonyl (C=O) groups excluding carboxylic acids is 2. The molecule has 6 heteroatoms. The van der Waals surface area contributed by atoms with Crippen molar-refractivity contribution in [3.63, 3.8) is 0 Å². The van der Waals surface area contributed by atoms with Gasteiger partial charge in [0.05, 0.1) is 5.69 Å². The molecule has 0 bridgehead atoms. The highest BCUT2D eigenvalue weighted by molar-refractivity contribution is 6.63. The molecule has 0 radical (unpaired) electrons. The van der Waals surface area contributed by atoms with Crippen molar-refractivity contribution in [2.45, 2.75) is 0 Å². The molecule has 0 spiro atoms. The maximum atomic E-state index is 12.7. The molecule has 0 saturated heterocycles. The molecule has 0 fully saturated rings. The van der Waals surface area contributed by atoms with E-state index >= 15 is 0 Å². The Hall–Kier alpha value is -2.89. The Morgan fingerprint density at radius 3 is 2.40 bits per heavy atom. The number of aldehydes is 1. The molecule has 0 unspecified atom stereocenters. The second kappa shape index (κ2) is 6.33. The highest BCUT2D eigenvalue weighted by Crippen LogP contribution is 2.08. The SMILES string of the molecule is O=C/C(=N/Nc1ccc(F)cc1)C(=O)c1ccncc1. The van der Waals surface area contributed by atoms with Crippen LogP contribution in [0.25, 0.3) is 0 Å². The first-order valence-corrected chi connectivity index (χ1v) is 5.70. The van der Waals surface area contributed by atoms with Crippen molar-refractivity contribution in [1.29, 1.82) is 0 Å². The van der Waals surface area contributed by atoms with Crippen molar-refractivity contribution in [2.24, 2.45) is 5.10 Å². The van der Waals surface area contributed by atoms with Crippen LogP contribution in [-0.2, 0) is 4.79 Å². The van der Waals surface area contributed by atoms with E-state index < -0.39 is 5.78 Å². The Kier molecular flexibility index (Phi) is 4.28. The predicted octanol–water partition coefficient (Wildman–Crippen LogP) is 2.07. The van der Waals surface area contributed by atoms with Crippen LogP contribution in [0.3, 0.4) is 0 Å². The van der Waals surface area contributed by atoms with E-state index in [2.05, 4.69) is 15.5 Å². The second-order valence-electron chi connectivity index (χ2n) is 3.80. The number of aromatic nitrogens is 1. The van der Waals surface area contributed by atoms with Crippen LogP contribution >= 0.6 is 0 Å². The third kappa shape index (κ3) is 3.32. The summed E-state index contributed by atoms with van der Waals surface area (Å²) in [7, 11) is 0. The maximum Gasteiger partial charge on any atom is 0.216 e. The Morgan fingerprint density at radius 1 is 1.15 bits per heavy atom. The number of Topliss-reactive ketones (excluding diaryl/α,β-unsaturated/α-hetero) is 1. The van der Waals surface area contributed by atoms with Crippen molar-refractivity contribution >= 4 is 23.5 Å². The molecular formula is C14H10FN3O2. The van der Waals surface area contributed by atoms with Gasteiger partial charge in [-0.2, -0.15) is 5.10 Å². The number of pyridine rings is 1. The minimum Gasteiger partial charge on any atom is -0.296 e. The van der Waals surface area contributed by atoms with Crippen molar-refractivity contribution in [1.82, 2.24) is 4.98 Å². The molecular weight excluding hydrogens is 261 g/mol. The summed E-state index contributed by atoms with van der Waals surface area (Å²) in [6.07, 6.45) is 3.26. The third-order valence-corrected chi connectivity index (χ3v) is 2.44. The topological polar surface area (TPSA) is 71.4 Å². The molecule has 20 heavy (non-hydrogen) atoms. The molecule has 5 nitrogen and oxygen atoms in total. The van der Waals surface area contributed by atoms with Crippen LogP contribution in [0.1, 0.15) is 10.4 Å². The number of hydrogen-bond acceptors (Lipinski definition) is 5. The lowest BCUT2D eigenvalue weighted by molar-refractivity contribution is -0.102. The van der Waals surface area contributed by atoms with Gasteiger partial charge in [0.25, 0.3) is 0 Å². The highest BCUT2D eigenvalue weighted by atomic mass is 19.1. The minimum absolute atomic E-state index is 0.277. The number of halogens is 1. The average molecular weight is 271 g/mol. The zero-order chi connectivity index (χ0) is 14.4. The summed E-state index contributed by atoms with van der Waals surface area (Å²) in [4.78, 5) is 26.7. The second-order valence-corrected chi connectivity index (χ2v) is 3.80. The summed E-state index contributed by atoms with van der Waals surface area (Å²) >= 11 is 0. The van der Waals surface area contributed by atoms with Crippen LogP contribution in [0.5, 0.6) is 0 Å². The van der Waals surface area contributed by atoms with Gasteiger partial charge in [-0.3, -0.25) is 20.0 Å². The van der Waals surface area contributed by atoms with Gasteiger partial charge >= 0.3 is 0 Å². The van der Waals surface area contributed by atoms with E-state index in [1.54, 1.807) is 0 Å². The fourth-order valence-corrected chi connectivity index (χ4v) is 1.43. The average Bonchev–Trinajstić information content (AvgIpc) is 2.50. The van der Waals surface area contributed by atoms with Crippen molar-refractivity contribution in [3.8, 4) is 0 Å². The Morgan fingerprint density at radius 2 is 1.80 bits per heavy atom. The molecule has 2 rings (SSSR count). The maximum absolute atomic E-state index is 12.7. The van der Waals surface area contributed by atoms with Crippen LogP contribution < -0.4 is 5.43 Å². The molecule has 0 atom stereocenters. The van der Waals surface area contributed by atoms with Gasteiger partial charge in [-0.05, 0) is 36.4 Å². The zero-order valence-corrected chi connectivity index (χ0v) is 10.3. The summed E-state index contributed by atoms with van der Waals surface area (Å²) in [6, 6.07) is 8.33. The van der Waals surface area contributed by atoms with E-state index in [1.165, 1.54) is 48.8 Å². The fraction of sp³-hybridized carbons (Fsp3) is 0. The van der Waals surface area contributed by atoms with Crippen molar-refractivity contribution in [3.05, 3.63) is 60.2 Å². The van der Waals surface area contributed by atoms with Gasteiger partial charge in [-0.25, -0.2) is 4.39 Å². The van der Waals surface area contributed by atoms with Gasteiger partial charge in [-0.15, -0.1) is 0 Å². The largest absolute Gasteiger partial charge is 0.296 e. The third-order valence-electron chi connectivity index (χ3n) is 2.44. The highest BCUT2D eigenvalue weighted by Gasteiger charge is 2.13. The molecule has 0 aliphatic heterocycles. The molecule has 0 aliphatic carbocycles. The van der Waals surface area contributed by atoms with E-state index in [9.17, 15) is 14.0 Å². The molecule has 0 aliphatic rings. The molecule has 0 saturated carbocycles. The summed E-state index contributed by atoms with van der Waals surface area (Å²) < 4.78 is 12.7. The lowest BCUT2D eigenvalue weighted by Gasteiger charge is -2.02. The number of anilines is 1. The zero-order valence-electron chi connectivity index (χ0n) is 10.3. The van der Waals surface area contributed by atoms with Crippen LogP contribution in [0.2, 0.25) is 0 Å². The molecule has 0 amide bonds. The van der Waals surface area contributed by atoms with E-state index in [0.717, 1.165) is 0 Å². The molecule has 1 aromatic carbocycles. The van der Waals surface area contributed by atoms with Crippen LogP contribution in [-0.4, -0.2) is 22.8 Å². The van der Waals surface area contributed by atoms with Crippen molar-refractivity contribution in [2.75, 3.05) is 5.43 Å². The van der Waals surface area contributed by atoms with Crippen LogP contribution in [0.15, 0.2) is 53.9 Å². The van der Waals surface area contributed by atoms with Gasteiger partial charge in [0.15, 0.2) is 12.0 Å². The molecule has 100 valence electrons. The summed E-state index contributed by atoms with van der Waals surface area (Å²) in [5, 5.41) is 3.72. The predicted molar refractivity (Wildman–Crippen MR) is 72.1 cm³/mol. The van der Waals surface area contributed by atoms with E-state index in [1.807, 2.05) is 0 Å². The molecule has 2 aromatic rings. The Bertz CT molecular complexity index is 639. The van der Waals surface area contributed by atoms with Gasteiger partial charge < -0.3 is 0 Å². The smallest absolute Gasteiger partial charge is 0.216 e. The number of rotatable bonds is 5. The summed E-state index contributed by atoms with van der Waals surface area (Å²) in [6.45, 7) is 0.